The number of carbonyl (C=O) groups excluding carboxylic acids is 2. The topological polar surface area (TPSA) is 55.7 Å². The third-order valence-corrected chi connectivity index (χ3v) is 6.92. The van der Waals surface area contributed by atoms with Crippen molar-refractivity contribution in [3.8, 4) is 0 Å². The summed E-state index contributed by atoms with van der Waals surface area (Å²) in [5.74, 6) is -1.69. The van der Waals surface area contributed by atoms with E-state index in [1.807, 2.05) is 43.3 Å². The highest BCUT2D eigenvalue weighted by Gasteiger charge is 2.45. The lowest BCUT2D eigenvalue weighted by Gasteiger charge is -2.37. The number of carbonyl (C=O) groups is 2. The lowest BCUT2D eigenvalue weighted by Crippen LogP contribution is -2.39. The summed E-state index contributed by atoms with van der Waals surface area (Å²) >= 11 is 12.9. The van der Waals surface area contributed by atoms with Crippen LogP contribution in [0.25, 0.3) is 0 Å². The minimum atomic E-state index is -0.732. The van der Waals surface area contributed by atoms with Crippen molar-refractivity contribution >= 4 is 40.7 Å². The smallest absolute Gasteiger partial charge is 0.315 e. The van der Waals surface area contributed by atoms with E-state index in [2.05, 4.69) is 0 Å². The van der Waals surface area contributed by atoms with Gasteiger partial charge in [0.2, 0.25) is 0 Å². The molecule has 0 radical (unpaired) electrons. The Kier molecular flexibility index (Phi) is 6.55. The highest BCUT2D eigenvalue weighted by atomic mass is 35.5. The second-order valence-electron chi connectivity index (χ2n) is 8.64. The molecule has 2 aliphatic rings. The summed E-state index contributed by atoms with van der Waals surface area (Å²) in [6.45, 7) is 5.42. The van der Waals surface area contributed by atoms with Crippen molar-refractivity contribution in [2.45, 2.75) is 51.6 Å². The molecule has 166 valence electrons. The van der Waals surface area contributed by atoms with Crippen molar-refractivity contribution in [2.24, 2.45) is 10.9 Å². The Hall–Kier alpha value is -2.43. The number of Topliss-reactive ketones (excluding diaryl/α,β-unsaturated/α-hetero) is 1. The SMILES string of the molecule is CC1=NC2=C(C(=O)C[C@H](c3ccccc3)C2)[C@@H](c2cccc(Cl)c2Cl)C1C(=O)OC(C)C. The Morgan fingerprint density at radius 3 is 2.47 bits per heavy atom. The normalized spacial score (nSPS) is 23.1. The quantitative estimate of drug-likeness (QED) is 0.478. The highest BCUT2D eigenvalue weighted by Crippen LogP contribution is 2.49. The zero-order valence-corrected chi connectivity index (χ0v) is 19.8. The van der Waals surface area contributed by atoms with Crippen LogP contribution in [0.1, 0.15) is 56.6 Å². The van der Waals surface area contributed by atoms with Crippen LogP contribution in [0.4, 0.5) is 0 Å². The molecular formula is C26H25Cl2NO3. The average Bonchev–Trinajstić information content (AvgIpc) is 2.74. The van der Waals surface area contributed by atoms with Gasteiger partial charge in [0.25, 0.3) is 0 Å². The molecule has 0 bridgehead atoms. The molecule has 0 saturated carbocycles. The van der Waals surface area contributed by atoms with Gasteiger partial charge >= 0.3 is 5.97 Å². The molecule has 0 fully saturated rings. The van der Waals surface area contributed by atoms with Crippen molar-refractivity contribution in [1.82, 2.24) is 0 Å². The maximum Gasteiger partial charge on any atom is 0.315 e. The summed E-state index contributed by atoms with van der Waals surface area (Å²) in [6, 6.07) is 15.3. The summed E-state index contributed by atoms with van der Waals surface area (Å²) in [4.78, 5) is 31.5. The van der Waals surface area contributed by atoms with E-state index in [1.165, 1.54) is 0 Å². The third-order valence-electron chi connectivity index (χ3n) is 6.08. The molecule has 4 nitrogen and oxygen atoms in total. The number of esters is 1. The van der Waals surface area contributed by atoms with Crippen LogP contribution in [-0.2, 0) is 14.3 Å². The van der Waals surface area contributed by atoms with Crippen LogP contribution in [0.2, 0.25) is 10.0 Å². The number of hydrogen-bond donors (Lipinski definition) is 0. The molecule has 2 aromatic rings. The first-order chi connectivity index (χ1) is 15.3. The first kappa shape index (κ1) is 22.8. The van der Waals surface area contributed by atoms with Crippen molar-refractivity contribution < 1.29 is 14.3 Å². The van der Waals surface area contributed by atoms with E-state index < -0.39 is 17.8 Å². The van der Waals surface area contributed by atoms with Gasteiger partial charge in [0.05, 0.1) is 16.1 Å². The van der Waals surface area contributed by atoms with Crippen LogP contribution < -0.4 is 0 Å². The van der Waals surface area contributed by atoms with Gasteiger partial charge in [0.15, 0.2) is 5.78 Å². The molecule has 1 aliphatic heterocycles. The standard InChI is InChI=1S/C26H25Cl2NO3/c1-14(2)32-26(31)22-15(3)29-20-12-17(16-8-5-4-6-9-16)13-21(30)24(20)23(22)18-10-7-11-19(27)25(18)28/h4-11,14,17,22-23H,12-13H2,1-3H3/t17-,22?,23+/m1/s1. The summed E-state index contributed by atoms with van der Waals surface area (Å²) in [5, 5.41) is 0.730. The number of ketones is 1. The maximum atomic E-state index is 13.5. The van der Waals surface area contributed by atoms with Crippen LogP contribution in [0, 0.1) is 5.92 Å². The van der Waals surface area contributed by atoms with Gasteiger partial charge in [-0.1, -0.05) is 65.7 Å². The molecule has 0 saturated heterocycles. The van der Waals surface area contributed by atoms with E-state index in [9.17, 15) is 9.59 Å². The van der Waals surface area contributed by atoms with E-state index in [4.69, 9.17) is 32.9 Å². The second kappa shape index (κ2) is 9.21. The van der Waals surface area contributed by atoms with Gasteiger partial charge in [-0.25, -0.2) is 0 Å². The fourth-order valence-corrected chi connectivity index (χ4v) is 5.15. The fraction of sp³-hybridized carbons (Fsp3) is 0.346. The Labute approximate surface area is 198 Å². The predicted octanol–water partition coefficient (Wildman–Crippen LogP) is 6.52. The molecule has 0 N–H and O–H groups in total. The Morgan fingerprint density at radius 2 is 1.78 bits per heavy atom. The van der Waals surface area contributed by atoms with Crippen LogP contribution in [0.3, 0.4) is 0 Å². The lowest BCUT2D eigenvalue weighted by atomic mass is 9.69. The summed E-state index contributed by atoms with van der Waals surface area (Å²) in [5.41, 5.74) is 3.66. The molecule has 0 spiro atoms. The monoisotopic (exact) mass is 469 g/mol. The van der Waals surface area contributed by atoms with E-state index in [0.717, 1.165) is 11.3 Å². The van der Waals surface area contributed by atoms with Gasteiger partial charge < -0.3 is 4.74 Å². The van der Waals surface area contributed by atoms with E-state index >= 15 is 0 Å². The number of ether oxygens (including phenoxy) is 1. The van der Waals surface area contributed by atoms with E-state index in [-0.39, 0.29) is 17.8 Å². The number of nitrogens with zero attached hydrogens (tertiary/aromatic N) is 1. The Balaban J connectivity index is 1.84. The minimum Gasteiger partial charge on any atom is -0.462 e. The summed E-state index contributed by atoms with van der Waals surface area (Å²) in [6.07, 6.45) is 0.701. The molecule has 0 amide bonds. The average molecular weight is 470 g/mol. The van der Waals surface area contributed by atoms with Crippen LogP contribution >= 0.6 is 23.2 Å². The Bertz CT molecular complexity index is 1120. The largest absolute Gasteiger partial charge is 0.462 e. The number of rotatable bonds is 4. The van der Waals surface area contributed by atoms with Crippen molar-refractivity contribution in [3.05, 3.63) is 81.0 Å². The van der Waals surface area contributed by atoms with Crippen molar-refractivity contribution in [3.63, 3.8) is 0 Å². The zero-order chi connectivity index (χ0) is 23.0. The number of hydrogen-bond acceptors (Lipinski definition) is 4. The van der Waals surface area contributed by atoms with Gasteiger partial charge in [0.1, 0.15) is 5.92 Å². The van der Waals surface area contributed by atoms with Crippen LogP contribution in [0.15, 0.2) is 64.8 Å². The van der Waals surface area contributed by atoms with Gasteiger partial charge in [-0.3, -0.25) is 14.6 Å². The molecule has 1 unspecified atom stereocenters. The van der Waals surface area contributed by atoms with Gasteiger partial charge in [0, 0.05) is 29.3 Å². The number of aliphatic imine (C=N–C) groups is 1. The molecule has 3 atom stereocenters. The summed E-state index contributed by atoms with van der Waals surface area (Å²) < 4.78 is 5.56. The Morgan fingerprint density at radius 1 is 1.06 bits per heavy atom. The first-order valence-electron chi connectivity index (χ1n) is 10.8. The first-order valence-corrected chi connectivity index (χ1v) is 11.5. The molecule has 1 heterocycles. The van der Waals surface area contributed by atoms with E-state index in [1.54, 1.807) is 26.0 Å². The molecule has 6 heteroatoms. The van der Waals surface area contributed by atoms with Crippen LogP contribution in [0.5, 0.6) is 0 Å². The molecular weight excluding hydrogens is 445 g/mol. The molecule has 1 aliphatic carbocycles. The maximum absolute atomic E-state index is 13.5. The minimum absolute atomic E-state index is 0.0141. The molecule has 32 heavy (non-hydrogen) atoms. The molecule has 4 rings (SSSR count). The fourth-order valence-electron chi connectivity index (χ4n) is 4.73. The molecule has 2 aromatic carbocycles. The highest BCUT2D eigenvalue weighted by molar-refractivity contribution is 6.42. The summed E-state index contributed by atoms with van der Waals surface area (Å²) in [7, 11) is 0. The van der Waals surface area contributed by atoms with Gasteiger partial charge in [-0.05, 0) is 50.3 Å². The number of allylic oxidation sites excluding steroid dienone is 2. The second-order valence-corrected chi connectivity index (χ2v) is 9.42. The van der Waals surface area contributed by atoms with Crippen molar-refractivity contribution in [1.29, 1.82) is 0 Å². The van der Waals surface area contributed by atoms with Gasteiger partial charge in [-0.2, -0.15) is 0 Å². The van der Waals surface area contributed by atoms with E-state index in [0.29, 0.717) is 39.7 Å². The van der Waals surface area contributed by atoms with Crippen LogP contribution in [-0.4, -0.2) is 23.6 Å². The predicted molar refractivity (Wildman–Crippen MR) is 127 cm³/mol. The van der Waals surface area contributed by atoms with Crippen molar-refractivity contribution in [2.75, 3.05) is 0 Å². The number of halogens is 2. The number of benzene rings is 2. The lowest BCUT2D eigenvalue weighted by molar-refractivity contribution is -0.150. The van der Waals surface area contributed by atoms with Gasteiger partial charge in [-0.15, -0.1) is 0 Å². The molecule has 0 aromatic heterocycles. The zero-order valence-electron chi connectivity index (χ0n) is 18.3. The third kappa shape index (κ3) is 4.26.